The van der Waals surface area contributed by atoms with Gasteiger partial charge in [-0.2, -0.15) is 5.10 Å². The van der Waals surface area contributed by atoms with Gasteiger partial charge in [0.2, 0.25) is 0 Å². The Kier molecular flexibility index (Phi) is 5.52. The van der Waals surface area contributed by atoms with E-state index in [1.807, 2.05) is 29.1 Å². The smallest absolute Gasteiger partial charge is 0.123 e. The molecule has 0 radical (unpaired) electrons. The van der Waals surface area contributed by atoms with Crippen LogP contribution in [-0.2, 0) is 23.5 Å². The van der Waals surface area contributed by atoms with Crippen LogP contribution in [0, 0.1) is 5.82 Å². The van der Waals surface area contributed by atoms with Crippen molar-refractivity contribution < 1.29 is 9.13 Å². The minimum Gasteiger partial charge on any atom is -0.361 e. The van der Waals surface area contributed by atoms with Crippen LogP contribution >= 0.6 is 0 Å². The van der Waals surface area contributed by atoms with Gasteiger partial charge in [0.15, 0.2) is 0 Å². The second-order valence-corrected chi connectivity index (χ2v) is 7.93. The Balaban J connectivity index is 1.74. The minimum absolute atomic E-state index is 0.224. The van der Waals surface area contributed by atoms with E-state index in [4.69, 9.17) is 4.74 Å². The number of fused-ring (bicyclic) bond motifs is 1. The molecule has 2 aromatic carbocycles. The van der Waals surface area contributed by atoms with Crippen LogP contribution < -0.4 is 0 Å². The molecule has 0 bridgehead atoms. The summed E-state index contributed by atoms with van der Waals surface area (Å²) >= 11 is 0. The molecular formula is C24H28FN3O. The second-order valence-electron chi connectivity index (χ2n) is 7.93. The predicted octanol–water partition coefficient (Wildman–Crippen LogP) is 4.82. The van der Waals surface area contributed by atoms with Crippen molar-refractivity contribution in [1.29, 1.82) is 0 Å². The molecule has 0 saturated heterocycles. The van der Waals surface area contributed by atoms with Crippen LogP contribution in [0.15, 0.2) is 54.7 Å². The summed E-state index contributed by atoms with van der Waals surface area (Å²) in [6.07, 6.45) is 3.69. The lowest BCUT2D eigenvalue weighted by Gasteiger charge is -2.31. The Morgan fingerprint density at radius 1 is 1.14 bits per heavy atom. The number of rotatable bonds is 7. The summed E-state index contributed by atoms with van der Waals surface area (Å²) in [6.45, 7) is 4.47. The minimum atomic E-state index is -0.525. The van der Waals surface area contributed by atoms with Crippen LogP contribution in [0.25, 0.3) is 11.3 Å². The van der Waals surface area contributed by atoms with Gasteiger partial charge in [-0.3, -0.25) is 4.68 Å². The monoisotopic (exact) mass is 393 g/mol. The SMILES string of the molecule is CCn1nccc1-c1ccc2c(c1)COC2(CCCN(C)C)c1ccc(F)cc1. The molecule has 0 amide bonds. The molecule has 0 spiro atoms. The largest absolute Gasteiger partial charge is 0.361 e. The Bertz CT molecular complexity index is 980. The highest BCUT2D eigenvalue weighted by Gasteiger charge is 2.41. The molecule has 2 heterocycles. The van der Waals surface area contributed by atoms with Crippen LogP contribution in [0.3, 0.4) is 0 Å². The summed E-state index contributed by atoms with van der Waals surface area (Å²) < 4.78 is 22.1. The summed E-state index contributed by atoms with van der Waals surface area (Å²) in [5, 5.41) is 4.39. The fraction of sp³-hybridized carbons (Fsp3) is 0.375. The van der Waals surface area contributed by atoms with E-state index in [9.17, 15) is 4.39 Å². The molecule has 1 aliphatic rings. The van der Waals surface area contributed by atoms with Gasteiger partial charge < -0.3 is 9.64 Å². The Labute approximate surface area is 171 Å². The van der Waals surface area contributed by atoms with Gasteiger partial charge in [-0.05, 0) is 81.4 Å². The maximum absolute atomic E-state index is 13.6. The van der Waals surface area contributed by atoms with Gasteiger partial charge in [-0.1, -0.05) is 24.3 Å². The van der Waals surface area contributed by atoms with Crippen molar-refractivity contribution in [2.45, 2.75) is 38.5 Å². The number of hydrogen-bond acceptors (Lipinski definition) is 3. The van der Waals surface area contributed by atoms with Crippen molar-refractivity contribution in [3.63, 3.8) is 0 Å². The Morgan fingerprint density at radius 2 is 1.93 bits per heavy atom. The first-order valence-corrected chi connectivity index (χ1v) is 10.2. The fourth-order valence-electron chi connectivity index (χ4n) is 4.33. The zero-order chi connectivity index (χ0) is 20.4. The predicted molar refractivity (Wildman–Crippen MR) is 113 cm³/mol. The molecule has 4 rings (SSSR count). The van der Waals surface area contributed by atoms with Gasteiger partial charge in [-0.15, -0.1) is 0 Å². The molecule has 0 N–H and O–H groups in total. The highest BCUT2D eigenvalue weighted by atomic mass is 19.1. The number of benzene rings is 2. The third-order valence-electron chi connectivity index (χ3n) is 5.77. The summed E-state index contributed by atoms with van der Waals surface area (Å²) in [5.74, 6) is -0.224. The van der Waals surface area contributed by atoms with E-state index in [0.717, 1.165) is 42.8 Å². The molecule has 0 saturated carbocycles. The topological polar surface area (TPSA) is 30.3 Å². The molecule has 4 nitrogen and oxygen atoms in total. The molecule has 5 heteroatoms. The average Bonchev–Trinajstić information content (AvgIpc) is 3.33. The number of hydrogen-bond donors (Lipinski definition) is 0. The van der Waals surface area contributed by atoms with Crippen LogP contribution in [0.2, 0.25) is 0 Å². The van der Waals surface area contributed by atoms with Crippen LogP contribution in [0.4, 0.5) is 4.39 Å². The first kappa shape index (κ1) is 19.8. The zero-order valence-electron chi connectivity index (χ0n) is 17.4. The lowest BCUT2D eigenvalue weighted by Crippen LogP contribution is -2.28. The first-order valence-electron chi connectivity index (χ1n) is 10.2. The van der Waals surface area contributed by atoms with Crippen molar-refractivity contribution in [2.75, 3.05) is 20.6 Å². The molecule has 0 fully saturated rings. The number of nitrogens with zero attached hydrogens (tertiary/aromatic N) is 3. The van der Waals surface area contributed by atoms with Gasteiger partial charge in [0.25, 0.3) is 0 Å². The van der Waals surface area contributed by atoms with Crippen LogP contribution in [0.1, 0.15) is 36.5 Å². The van der Waals surface area contributed by atoms with Gasteiger partial charge in [0.1, 0.15) is 11.4 Å². The number of aromatic nitrogens is 2. The zero-order valence-corrected chi connectivity index (χ0v) is 17.4. The number of ether oxygens (including phenoxy) is 1. The lowest BCUT2D eigenvalue weighted by atomic mass is 9.81. The highest BCUT2D eigenvalue weighted by Crippen LogP contribution is 2.46. The van der Waals surface area contributed by atoms with E-state index < -0.39 is 5.60 Å². The lowest BCUT2D eigenvalue weighted by molar-refractivity contribution is -0.0140. The number of halogens is 1. The van der Waals surface area contributed by atoms with E-state index in [0.29, 0.717) is 6.61 Å². The van der Waals surface area contributed by atoms with E-state index in [-0.39, 0.29) is 5.82 Å². The summed E-state index contributed by atoms with van der Waals surface area (Å²) in [5.41, 5.74) is 5.14. The van der Waals surface area contributed by atoms with E-state index in [2.05, 4.69) is 49.2 Å². The maximum atomic E-state index is 13.6. The Hall–Kier alpha value is -2.50. The summed E-state index contributed by atoms with van der Waals surface area (Å²) in [6, 6.07) is 15.4. The van der Waals surface area contributed by atoms with E-state index >= 15 is 0 Å². The van der Waals surface area contributed by atoms with Crippen LogP contribution in [-0.4, -0.2) is 35.3 Å². The van der Waals surface area contributed by atoms with Crippen molar-refractivity contribution in [3.05, 3.63) is 77.2 Å². The molecule has 1 unspecified atom stereocenters. The molecule has 1 aliphatic heterocycles. The molecule has 0 aliphatic carbocycles. The van der Waals surface area contributed by atoms with Gasteiger partial charge in [-0.25, -0.2) is 4.39 Å². The van der Waals surface area contributed by atoms with E-state index in [1.54, 1.807) is 0 Å². The Morgan fingerprint density at radius 3 is 2.66 bits per heavy atom. The average molecular weight is 394 g/mol. The van der Waals surface area contributed by atoms with Crippen molar-refractivity contribution in [1.82, 2.24) is 14.7 Å². The van der Waals surface area contributed by atoms with Crippen molar-refractivity contribution in [2.24, 2.45) is 0 Å². The standard InChI is InChI=1S/C24H28FN3O/c1-4-28-23(12-14-26-28)18-6-11-22-19(16-18)17-29-24(22,13-5-15-27(2)3)20-7-9-21(25)10-8-20/h6-12,14,16H,4-5,13,15,17H2,1-3H3. The van der Waals surface area contributed by atoms with Gasteiger partial charge in [0.05, 0.1) is 12.3 Å². The van der Waals surface area contributed by atoms with Crippen molar-refractivity contribution >= 4 is 0 Å². The third-order valence-corrected chi connectivity index (χ3v) is 5.77. The number of aryl methyl sites for hydroxylation is 1. The molecular weight excluding hydrogens is 365 g/mol. The fourth-order valence-corrected chi connectivity index (χ4v) is 4.33. The molecule has 1 aromatic heterocycles. The molecule has 1 atom stereocenters. The van der Waals surface area contributed by atoms with Crippen molar-refractivity contribution in [3.8, 4) is 11.3 Å². The molecule has 152 valence electrons. The maximum Gasteiger partial charge on any atom is 0.123 e. The van der Waals surface area contributed by atoms with Gasteiger partial charge in [0, 0.05) is 18.3 Å². The summed E-state index contributed by atoms with van der Waals surface area (Å²) in [4.78, 5) is 2.18. The first-order chi connectivity index (χ1) is 14.0. The quantitative estimate of drug-likeness (QED) is 0.576. The summed E-state index contributed by atoms with van der Waals surface area (Å²) in [7, 11) is 4.16. The highest BCUT2D eigenvalue weighted by molar-refractivity contribution is 5.63. The molecule has 3 aromatic rings. The second kappa shape index (κ2) is 8.09. The normalized spacial score (nSPS) is 18.4. The van der Waals surface area contributed by atoms with Crippen LogP contribution in [0.5, 0.6) is 0 Å². The van der Waals surface area contributed by atoms with E-state index in [1.165, 1.54) is 23.3 Å². The van der Waals surface area contributed by atoms with Gasteiger partial charge >= 0.3 is 0 Å². The molecule has 29 heavy (non-hydrogen) atoms. The third kappa shape index (κ3) is 3.72.